The van der Waals surface area contributed by atoms with Crippen LogP contribution in [0.4, 0.5) is 20.2 Å². The van der Waals surface area contributed by atoms with Crippen LogP contribution in [0.1, 0.15) is 37.9 Å². The number of nitrogens with one attached hydrogen (secondary N) is 1. The minimum absolute atomic E-state index is 0.0911. The van der Waals surface area contributed by atoms with E-state index in [9.17, 15) is 14.7 Å². The Morgan fingerprint density at radius 2 is 1.93 bits per heavy atom. The molecular formula is C33H31Cl2F2N5O3. The normalized spacial score (nSPS) is 17.7. The number of aromatic nitrogens is 2. The number of pyridine rings is 2. The molecule has 1 amide bonds. The highest BCUT2D eigenvalue weighted by Gasteiger charge is 2.40. The molecule has 4 aromatic rings. The highest BCUT2D eigenvalue weighted by molar-refractivity contribution is 6.44. The fourth-order valence-corrected chi connectivity index (χ4v) is 6.96. The van der Waals surface area contributed by atoms with E-state index in [4.69, 9.17) is 23.2 Å². The van der Waals surface area contributed by atoms with Crippen LogP contribution in [0, 0.1) is 18.6 Å². The molecule has 2 N–H and O–H groups in total. The summed E-state index contributed by atoms with van der Waals surface area (Å²) in [4.78, 5) is 35.4. The monoisotopic (exact) mass is 653 g/mol. The number of rotatable bonds is 4. The second-order valence-corrected chi connectivity index (χ2v) is 12.6. The van der Waals surface area contributed by atoms with Crippen molar-refractivity contribution in [3.63, 3.8) is 0 Å². The molecule has 2 aliphatic heterocycles. The molecule has 0 aliphatic carbocycles. The summed E-state index contributed by atoms with van der Waals surface area (Å²) in [5, 5.41) is 13.4. The number of carbonyl (C=O) groups excluding carboxylic acids is 1. The summed E-state index contributed by atoms with van der Waals surface area (Å²) in [6.07, 6.45) is 2.89. The molecular weight excluding hydrogens is 623 g/mol. The highest BCUT2D eigenvalue weighted by Crippen LogP contribution is 2.46. The zero-order valence-electron chi connectivity index (χ0n) is 25.1. The Bertz CT molecular complexity index is 1980. The lowest BCUT2D eigenvalue weighted by Crippen LogP contribution is -2.62. The van der Waals surface area contributed by atoms with Crippen molar-refractivity contribution in [1.82, 2.24) is 14.5 Å². The minimum Gasteiger partial charge on any atom is -0.508 e. The van der Waals surface area contributed by atoms with Crippen molar-refractivity contribution in [3.05, 3.63) is 86.4 Å². The van der Waals surface area contributed by atoms with Crippen LogP contribution in [-0.2, 0) is 4.79 Å². The van der Waals surface area contributed by atoms with Gasteiger partial charge in [0.15, 0.2) is 5.82 Å². The molecule has 0 spiro atoms. The summed E-state index contributed by atoms with van der Waals surface area (Å²) < 4.78 is 34.8. The number of aromatic hydroxyl groups is 1. The second-order valence-electron chi connectivity index (χ2n) is 11.8. The van der Waals surface area contributed by atoms with E-state index in [0.717, 1.165) is 6.07 Å². The maximum Gasteiger partial charge on any atom is 0.281 e. The Kier molecular flexibility index (Phi) is 7.77. The number of nitrogens with zero attached hydrogens (tertiary/aromatic N) is 4. The van der Waals surface area contributed by atoms with Crippen molar-refractivity contribution in [2.75, 3.05) is 29.9 Å². The molecule has 1 saturated heterocycles. The minimum atomic E-state index is -1.05. The Hall–Kier alpha value is -4.15. The van der Waals surface area contributed by atoms with Crippen LogP contribution in [0.2, 0.25) is 10.0 Å². The Morgan fingerprint density at radius 3 is 2.62 bits per heavy atom. The van der Waals surface area contributed by atoms with Gasteiger partial charge in [-0.1, -0.05) is 43.6 Å². The van der Waals surface area contributed by atoms with Crippen molar-refractivity contribution in [2.45, 2.75) is 45.7 Å². The molecule has 0 radical (unpaired) electrons. The third kappa shape index (κ3) is 4.82. The number of aryl methyl sites for hydroxylation is 1. The molecule has 2 aromatic heterocycles. The summed E-state index contributed by atoms with van der Waals surface area (Å²) in [5.41, 5.74) is 0.728. The first kappa shape index (κ1) is 30.9. The Labute approximate surface area is 268 Å². The number of benzene rings is 2. The van der Waals surface area contributed by atoms with Gasteiger partial charge >= 0.3 is 0 Å². The van der Waals surface area contributed by atoms with Gasteiger partial charge in [0.05, 0.1) is 44.2 Å². The van der Waals surface area contributed by atoms with E-state index in [1.807, 2.05) is 25.7 Å². The van der Waals surface area contributed by atoms with Crippen LogP contribution in [0.25, 0.3) is 27.7 Å². The predicted octanol–water partition coefficient (Wildman–Crippen LogP) is 6.79. The Morgan fingerprint density at radius 1 is 1.20 bits per heavy atom. The number of carbonyl (C=O) groups is 1. The highest BCUT2D eigenvalue weighted by atomic mass is 35.5. The first-order chi connectivity index (χ1) is 21.3. The van der Waals surface area contributed by atoms with Crippen LogP contribution < -0.4 is 15.8 Å². The van der Waals surface area contributed by atoms with Gasteiger partial charge in [-0.3, -0.25) is 19.1 Å². The molecule has 234 valence electrons. The van der Waals surface area contributed by atoms with Crippen molar-refractivity contribution >= 4 is 51.4 Å². The molecule has 0 bridgehead atoms. The van der Waals surface area contributed by atoms with E-state index < -0.39 is 22.8 Å². The number of halogens is 4. The number of anilines is 2. The number of phenols is 1. The van der Waals surface area contributed by atoms with Crippen LogP contribution in [0.3, 0.4) is 0 Å². The van der Waals surface area contributed by atoms with Gasteiger partial charge in [0.25, 0.3) is 5.56 Å². The molecule has 2 atom stereocenters. The fraction of sp³-hybridized carbons (Fsp3) is 0.303. The lowest BCUT2D eigenvalue weighted by molar-refractivity contribution is -0.128. The second kappa shape index (κ2) is 11.3. The van der Waals surface area contributed by atoms with Gasteiger partial charge in [-0.2, -0.15) is 0 Å². The first-order valence-corrected chi connectivity index (χ1v) is 15.3. The smallest absolute Gasteiger partial charge is 0.281 e. The summed E-state index contributed by atoms with van der Waals surface area (Å²) in [6, 6.07) is 4.67. The quantitative estimate of drug-likeness (QED) is 0.236. The number of hydrogen-bond donors (Lipinski definition) is 2. The largest absolute Gasteiger partial charge is 0.508 e. The standard InChI is InChI=1S/C33H31Cl2F2N5O3/c1-6-24(44)40-14-18-12-39-29-32(41(18)13-17(40)5)21-11-23(36)25(20-9-19(43)10-22(34)26(20)35)27(37)31(21)42(33(29)45)30-16(4)7-8-38-28(30)15(2)3/h6-11,15,17-18,39,43H,1,12-14H2,2-5H3. The van der Waals surface area contributed by atoms with E-state index in [2.05, 4.69) is 16.9 Å². The van der Waals surface area contributed by atoms with Crippen molar-refractivity contribution in [1.29, 1.82) is 0 Å². The number of hydrogen-bond acceptors (Lipinski definition) is 6. The number of phenolic OH excluding ortho intramolecular Hbond substituents is 1. The number of amides is 1. The molecule has 2 unspecified atom stereocenters. The topological polar surface area (TPSA) is 90.7 Å². The van der Waals surface area contributed by atoms with E-state index in [-0.39, 0.29) is 61.9 Å². The molecule has 0 saturated carbocycles. The third-order valence-corrected chi connectivity index (χ3v) is 9.43. The molecule has 8 nitrogen and oxygen atoms in total. The SMILES string of the molecule is C=CC(=O)N1CC2CNc3c(c4cc(F)c(-c5cc(O)cc(Cl)c5Cl)c(F)c4n(-c4c(C)ccnc4C(C)C)c3=O)N2CC1C. The van der Waals surface area contributed by atoms with Gasteiger partial charge in [0.1, 0.15) is 17.3 Å². The van der Waals surface area contributed by atoms with Gasteiger partial charge in [0.2, 0.25) is 5.91 Å². The molecule has 12 heteroatoms. The molecule has 2 aliphatic rings. The van der Waals surface area contributed by atoms with Gasteiger partial charge in [-0.15, -0.1) is 0 Å². The first-order valence-electron chi connectivity index (χ1n) is 14.5. The van der Waals surface area contributed by atoms with Crippen LogP contribution in [-0.4, -0.2) is 57.2 Å². The van der Waals surface area contributed by atoms with Crippen molar-refractivity contribution in [3.8, 4) is 22.6 Å². The van der Waals surface area contributed by atoms with E-state index in [1.54, 1.807) is 24.1 Å². The number of piperazine rings is 1. The van der Waals surface area contributed by atoms with Gasteiger partial charge < -0.3 is 20.2 Å². The number of fused-ring (bicyclic) bond motifs is 5. The summed E-state index contributed by atoms with van der Waals surface area (Å²) in [5.74, 6) is -2.71. The zero-order valence-corrected chi connectivity index (χ0v) is 26.6. The van der Waals surface area contributed by atoms with Crippen LogP contribution in [0.5, 0.6) is 5.75 Å². The zero-order chi connectivity index (χ0) is 32.5. The van der Waals surface area contributed by atoms with Gasteiger partial charge in [-0.25, -0.2) is 8.78 Å². The summed E-state index contributed by atoms with van der Waals surface area (Å²) in [7, 11) is 0. The van der Waals surface area contributed by atoms with Gasteiger partial charge in [-0.05, 0) is 49.6 Å². The molecule has 6 rings (SSSR count). The van der Waals surface area contributed by atoms with Crippen LogP contribution in [0.15, 0.2) is 47.9 Å². The summed E-state index contributed by atoms with van der Waals surface area (Å²) in [6.45, 7) is 12.1. The average Bonchev–Trinajstić information content (AvgIpc) is 2.99. The maximum atomic E-state index is 17.2. The van der Waals surface area contributed by atoms with Crippen molar-refractivity contribution < 1.29 is 18.7 Å². The van der Waals surface area contributed by atoms with E-state index in [1.165, 1.54) is 22.8 Å². The van der Waals surface area contributed by atoms with E-state index >= 15 is 8.78 Å². The average molecular weight is 655 g/mol. The third-order valence-electron chi connectivity index (χ3n) is 8.63. The maximum absolute atomic E-state index is 17.2. The fourth-order valence-electron chi connectivity index (χ4n) is 6.55. The molecule has 4 heterocycles. The predicted molar refractivity (Wildman–Crippen MR) is 174 cm³/mol. The van der Waals surface area contributed by atoms with Crippen molar-refractivity contribution in [2.24, 2.45) is 0 Å². The lowest BCUT2D eigenvalue weighted by Gasteiger charge is -2.49. The Balaban J connectivity index is 1.75. The molecule has 45 heavy (non-hydrogen) atoms. The lowest BCUT2D eigenvalue weighted by atomic mass is 9.96. The summed E-state index contributed by atoms with van der Waals surface area (Å²) >= 11 is 12.6. The molecule has 1 fully saturated rings. The van der Waals surface area contributed by atoms with E-state index in [0.29, 0.717) is 42.3 Å². The molecule has 2 aromatic carbocycles. The van der Waals surface area contributed by atoms with Gasteiger partial charge in [0, 0.05) is 48.9 Å². The van der Waals surface area contributed by atoms with Crippen LogP contribution >= 0.6 is 23.2 Å².